The van der Waals surface area contributed by atoms with Crippen LogP contribution in [0.2, 0.25) is 0 Å². The predicted octanol–water partition coefficient (Wildman–Crippen LogP) is 8.64. The van der Waals surface area contributed by atoms with Crippen LogP contribution in [0, 0.1) is 23.5 Å². The summed E-state index contributed by atoms with van der Waals surface area (Å²) in [5.74, 6) is 1.00. The van der Waals surface area contributed by atoms with Crippen molar-refractivity contribution in [1.29, 1.82) is 0 Å². The van der Waals surface area contributed by atoms with Gasteiger partial charge < -0.3 is 4.74 Å². The maximum atomic E-state index is 15.4. The zero-order valence-electron chi connectivity index (χ0n) is 18.1. The van der Waals surface area contributed by atoms with E-state index in [9.17, 15) is 0 Å². The van der Waals surface area contributed by atoms with Gasteiger partial charge in [-0.05, 0) is 66.3 Å². The molecule has 0 spiro atoms. The molecule has 1 nitrogen and oxygen atoms in total. The molecule has 0 aliphatic heterocycles. The molecule has 1 aliphatic carbocycles. The predicted molar refractivity (Wildman–Crippen MR) is 127 cm³/mol. The Morgan fingerprint density at radius 3 is 2.32 bits per heavy atom. The number of thiophene rings is 1. The lowest BCUT2D eigenvalue weighted by Crippen LogP contribution is -2.20. The number of ether oxygens (including phenoxy) is 1. The second-order valence-electron chi connectivity index (χ2n) is 8.94. The molecular formula is C27H28F2OS. The normalized spacial score (nSPS) is 19.5. The van der Waals surface area contributed by atoms with E-state index in [0.29, 0.717) is 27.3 Å². The lowest BCUT2D eigenvalue weighted by Gasteiger charge is -2.27. The molecule has 0 atom stereocenters. The van der Waals surface area contributed by atoms with Gasteiger partial charge in [-0.25, -0.2) is 8.78 Å². The summed E-state index contributed by atoms with van der Waals surface area (Å²) in [6, 6.07) is 11.5. The van der Waals surface area contributed by atoms with Gasteiger partial charge in [-0.2, -0.15) is 0 Å². The van der Waals surface area contributed by atoms with Crippen LogP contribution in [-0.2, 0) is 6.42 Å². The van der Waals surface area contributed by atoms with E-state index in [1.807, 2.05) is 30.3 Å². The van der Waals surface area contributed by atoms with Crippen LogP contribution < -0.4 is 4.74 Å². The number of hydrogen-bond acceptors (Lipinski definition) is 2. The molecule has 0 radical (unpaired) electrons. The molecule has 0 bridgehead atoms. The van der Waals surface area contributed by atoms with Gasteiger partial charge >= 0.3 is 0 Å². The molecule has 1 aliphatic rings. The van der Waals surface area contributed by atoms with Crippen molar-refractivity contribution in [3.8, 4) is 5.75 Å². The first-order valence-electron chi connectivity index (χ1n) is 11.5. The van der Waals surface area contributed by atoms with E-state index in [0.717, 1.165) is 46.9 Å². The fourth-order valence-electron chi connectivity index (χ4n) is 4.98. The van der Waals surface area contributed by atoms with Gasteiger partial charge in [-0.3, -0.25) is 0 Å². The lowest BCUT2D eigenvalue weighted by molar-refractivity contribution is 0.177. The topological polar surface area (TPSA) is 9.23 Å². The Hall–Kier alpha value is -2.20. The molecule has 0 saturated heterocycles. The number of rotatable bonds is 5. The smallest absolute Gasteiger partial charge is 0.182 e. The van der Waals surface area contributed by atoms with E-state index in [4.69, 9.17) is 4.74 Å². The minimum Gasteiger partial charge on any atom is -0.490 e. The van der Waals surface area contributed by atoms with E-state index in [1.54, 1.807) is 6.07 Å². The summed E-state index contributed by atoms with van der Waals surface area (Å²) in [7, 11) is 0. The number of fused-ring (bicyclic) bond motifs is 4. The number of halogens is 2. The van der Waals surface area contributed by atoms with Gasteiger partial charge in [-0.1, -0.05) is 45.2 Å². The number of benzene rings is 3. The first-order chi connectivity index (χ1) is 15.1. The lowest BCUT2D eigenvalue weighted by atomic mass is 9.81. The number of hydrogen-bond donors (Lipinski definition) is 0. The fourth-order valence-corrected chi connectivity index (χ4v) is 6.14. The second-order valence-corrected chi connectivity index (χ2v) is 9.96. The zero-order valence-corrected chi connectivity index (χ0v) is 19.0. The van der Waals surface area contributed by atoms with Crippen LogP contribution in [0.4, 0.5) is 8.78 Å². The van der Waals surface area contributed by atoms with Crippen LogP contribution in [0.15, 0.2) is 36.4 Å². The highest BCUT2D eigenvalue weighted by Crippen LogP contribution is 2.42. The van der Waals surface area contributed by atoms with Crippen molar-refractivity contribution in [2.75, 3.05) is 6.61 Å². The number of aryl methyl sites for hydroxylation is 1. The van der Waals surface area contributed by atoms with E-state index >= 15 is 8.78 Å². The van der Waals surface area contributed by atoms with Crippen molar-refractivity contribution in [2.24, 2.45) is 11.8 Å². The summed E-state index contributed by atoms with van der Waals surface area (Å²) in [4.78, 5) is 0. The third-order valence-electron chi connectivity index (χ3n) is 7.08. The van der Waals surface area contributed by atoms with Gasteiger partial charge in [0.2, 0.25) is 0 Å². The molecule has 1 heterocycles. The Kier molecular flexibility index (Phi) is 5.60. The highest BCUT2D eigenvalue weighted by molar-refractivity contribution is 7.26. The van der Waals surface area contributed by atoms with Crippen LogP contribution in [-0.4, -0.2) is 6.61 Å². The average Bonchev–Trinajstić information content (AvgIpc) is 3.18. The molecule has 4 heteroatoms. The van der Waals surface area contributed by atoms with Crippen LogP contribution in [0.25, 0.3) is 30.9 Å². The molecule has 0 unspecified atom stereocenters. The van der Waals surface area contributed by atoms with Crippen LogP contribution in [0.1, 0.15) is 51.5 Å². The van der Waals surface area contributed by atoms with Crippen molar-refractivity contribution in [2.45, 2.75) is 52.4 Å². The summed E-state index contributed by atoms with van der Waals surface area (Å²) in [6.45, 7) is 4.87. The first-order valence-corrected chi connectivity index (χ1v) is 12.3. The molecule has 1 fully saturated rings. The summed E-state index contributed by atoms with van der Waals surface area (Å²) in [5.41, 5.74) is 1.10. The van der Waals surface area contributed by atoms with Crippen molar-refractivity contribution >= 4 is 42.3 Å². The molecule has 1 saturated carbocycles. The third kappa shape index (κ3) is 3.69. The quantitative estimate of drug-likeness (QED) is 0.303. The van der Waals surface area contributed by atoms with Gasteiger partial charge in [0, 0.05) is 16.2 Å². The van der Waals surface area contributed by atoms with E-state index in [-0.39, 0.29) is 17.4 Å². The van der Waals surface area contributed by atoms with Gasteiger partial charge in [0.05, 0.1) is 16.0 Å². The monoisotopic (exact) mass is 438 g/mol. The standard InChI is InChI=1S/C27H28F2OS/c1-3-16-5-7-18(8-6-16)15-30-23-12-11-20-22-14-19-10-9-17(4-2)13-21(19)24(28)27(22)31-26(20)25(23)29/h9-14,16,18H,3-8,15H2,1-2H3. The Labute approximate surface area is 186 Å². The Morgan fingerprint density at radius 1 is 0.839 bits per heavy atom. The summed E-state index contributed by atoms with van der Waals surface area (Å²) in [6.07, 6.45) is 6.90. The average molecular weight is 439 g/mol. The largest absolute Gasteiger partial charge is 0.490 e. The van der Waals surface area contributed by atoms with E-state index < -0.39 is 0 Å². The van der Waals surface area contributed by atoms with Crippen LogP contribution >= 0.6 is 11.3 Å². The minimum atomic E-state index is -0.362. The maximum Gasteiger partial charge on any atom is 0.182 e. The Balaban J connectivity index is 1.48. The summed E-state index contributed by atoms with van der Waals surface area (Å²) >= 11 is 1.19. The molecule has 4 aromatic rings. The Bertz CT molecular complexity index is 1250. The minimum absolute atomic E-state index is 0.251. The third-order valence-corrected chi connectivity index (χ3v) is 8.29. The van der Waals surface area contributed by atoms with Gasteiger partial charge in [-0.15, -0.1) is 11.3 Å². The van der Waals surface area contributed by atoms with Crippen LogP contribution in [0.5, 0.6) is 5.75 Å². The molecule has 0 N–H and O–H groups in total. The van der Waals surface area contributed by atoms with Crippen molar-refractivity contribution in [3.05, 3.63) is 53.6 Å². The molecule has 5 rings (SSSR count). The second kappa shape index (κ2) is 8.38. The molecule has 1 aromatic heterocycles. The van der Waals surface area contributed by atoms with Gasteiger partial charge in [0.25, 0.3) is 0 Å². The van der Waals surface area contributed by atoms with Gasteiger partial charge in [0.15, 0.2) is 11.6 Å². The maximum absolute atomic E-state index is 15.4. The van der Waals surface area contributed by atoms with Crippen molar-refractivity contribution < 1.29 is 13.5 Å². The molecular weight excluding hydrogens is 410 g/mol. The SMILES string of the molecule is CCc1ccc2cc3c(sc4c(F)c(OCC5CCC(CC)CC5)ccc43)c(F)c2c1. The van der Waals surface area contributed by atoms with Crippen molar-refractivity contribution in [3.63, 3.8) is 0 Å². The van der Waals surface area contributed by atoms with Gasteiger partial charge in [0.1, 0.15) is 5.82 Å². The molecule has 31 heavy (non-hydrogen) atoms. The van der Waals surface area contributed by atoms with Crippen LogP contribution in [0.3, 0.4) is 0 Å². The van der Waals surface area contributed by atoms with E-state index in [1.165, 1.54) is 30.6 Å². The zero-order chi connectivity index (χ0) is 21.5. The highest BCUT2D eigenvalue weighted by Gasteiger charge is 2.22. The molecule has 3 aromatic carbocycles. The molecule has 0 amide bonds. The highest BCUT2D eigenvalue weighted by atomic mass is 32.1. The molecule has 162 valence electrons. The Morgan fingerprint density at radius 2 is 1.58 bits per heavy atom. The fraction of sp³-hybridized carbons (Fsp3) is 0.407. The summed E-state index contributed by atoms with van der Waals surface area (Å²) < 4.78 is 37.6. The first kappa shape index (κ1) is 20.7. The van der Waals surface area contributed by atoms with E-state index in [2.05, 4.69) is 13.8 Å². The summed E-state index contributed by atoms with van der Waals surface area (Å²) in [5, 5.41) is 2.99. The van der Waals surface area contributed by atoms with Crippen molar-refractivity contribution in [1.82, 2.24) is 0 Å².